The number of aromatic nitrogens is 3. The van der Waals surface area contributed by atoms with Crippen LogP contribution in [0, 0.1) is 0 Å². The number of fused-ring (bicyclic) bond motifs is 8. The van der Waals surface area contributed by atoms with E-state index in [9.17, 15) is 0 Å². The molecule has 0 amide bonds. The first-order valence-corrected chi connectivity index (χ1v) is 20.5. The lowest BCUT2D eigenvalue weighted by molar-refractivity contribution is 1.18. The van der Waals surface area contributed by atoms with Crippen LogP contribution in [0.4, 0.5) is 0 Å². The predicted molar refractivity (Wildman–Crippen MR) is 227 cm³/mol. The molecule has 0 aliphatic carbocycles. The van der Waals surface area contributed by atoms with Crippen LogP contribution >= 0.6 is 0 Å². The highest BCUT2D eigenvalue weighted by molar-refractivity contribution is 7.23. The van der Waals surface area contributed by atoms with E-state index in [1.165, 1.54) is 48.2 Å². The second-order valence-electron chi connectivity index (χ2n) is 14.1. The molecule has 0 saturated heterocycles. The van der Waals surface area contributed by atoms with Crippen LogP contribution in [-0.4, -0.2) is 22.6 Å². The molecule has 8 aromatic carbocycles. The van der Waals surface area contributed by atoms with Gasteiger partial charge in [0.1, 0.15) is 0 Å². The summed E-state index contributed by atoms with van der Waals surface area (Å²) in [6, 6.07) is 72.6. The zero-order valence-corrected chi connectivity index (χ0v) is 30.4. The molecule has 10 aromatic rings. The predicted octanol–water partition coefficient (Wildman–Crippen LogP) is 9.42. The highest BCUT2D eigenvalue weighted by Crippen LogP contribution is 2.38. The van der Waals surface area contributed by atoms with E-state index in [4.69, 9.17) is 9.97 Å². The van der Waals surface area contributed by atoms with Crippen molar-refractivity contribution in [1.82, 2.24) is 14.5 Å². The van der Waals surface area contributed by atoms with Gasteiger partial charge in [-0.2, -0.15) is 0 Å². The molecular weight excluding hydrogens is 671 g/mol. The van der Waals surface area contributed by atoms with Crippen LogP contribution < -0.4 is 20.7 Å². The topological polar surface area (TPSA) is 30.7 Å². The van der Waals surface area contributed by atoms with Crippen LogP contribution in [0.25, 0.3) is 72.2 Å². The SMILES string of the molecule is c1ccc(-c2nc(-c3ccc4c(c3)c3ccccc3n4-c3ccccc3)nc3c4c(ccc23)-c2ccccc2[Si]4(c2ccccc2)c2ccccc2)cc1. The standard InChI is InChI=1S/C50H33N3Si/c1-5-17-34(18-6-1)47-42-31-30-41-40-26-14-16-28-46(40)54(37-21-9-3-10-22-37,38-23-11-4-12-24-38)49(41)48(42)52-50(51-47)35-29-32-45-43(33-35)39-25-13-15-27-44(39)53(45)36-19-7-2-8-20-36/h1-33H. The monoisotopic (exact) mass is 703 g/mol. The molecule has 0 atom stereocenters. The fraction of sp³-hybridized carbons (Fsp3) is 0. The van der Waals surface area contributed by atoms with Crippen molar-refractivity contribution in [3.05, 3.63) is 200 Å². The fourth-order valence-corrected chi connectivity index (χ4v) is 14.4. The second kappa shape index (κ2) is 12.1. The van der Waals surface area contributed by atoms with E-state index in [2.05, 4.69) is 205 Å². The van der Waals surface area contributed by atoms with Crippen molar-refractivity contribution in [1.29, 1.82) is 0 Å². The second-order valence-corrected chi connectivity index (χ2v) is 17.8. The molecular formula is C50H33N3Si. The Hall–Kier alpha value is -6.88. The average Bonchev–Trinajstić information content (AvgIpc) is 3.75. The van der Waals surface area contributed by atoms with Gasteiger partial charge in [0.05, 0.1) is 22.2 Å². The van der Waals surface area contributed by atoms with Gasteiger partial charge in [-0.1, -0.05) is 164 Å². The number of nitrogens with zero attached hydrogens (tertiary/aromatic N) is 3. The van der Waals surface area contributed by atoms with Crippen molar-refractivity contribution in [3.63, 3.8) is 0 Å². The third kappa shape index (κ3) is 4.41. The van der Waals surface area contributed by atoms with Crippen molar-refractivity contribution in [2.24, 2.45) is 0 Å². The van der Waals surface area contributed by atoms with Crippen LogP contribution in [0.15, 0.2) is 200 Å². The Kier molecular flexibility index (Phi) is 6.88. The molecule has 0 N–H and O–H groups in total. The van der Waals surface area contributed by atoms with Crippen molar-refractivity contribution in [2.45, 2.75) is 0 Å². The van der Waals surface area contributed by atoms with Crippen LogP contribution in [0.2, 0.25) is 0 Å². The molecule has 3 heterocycles. The van der Waals surface area contributed by atoms with Gasteiger partial charge in [0, 0.05) is 33.0 Å². The van der Waals surface area contributed by atoms with Gasteiger partial charge in [0.25, 0.3) is 0 Å². The Morgan fingerprint density at radius 3 is 1.76 bits per heavy atom. The molecule has 0 fully saturated rings. The van der Waals surface area contributed by atoms with Gasteiger partial charge in [0.15, 0.2) is 13.9 Å². The Labute approximate surface area is 314 Å². The average molecular weight is 704 g/mol. The first-order valence-electron chi connectivity index (χ1n) is 18.5. The summed E-state index contributed by atoms with van der Waals surface area (Å²) in [5.74, 6) is 0.730. The summed E-state index contributed by atoms with van der Waals surface area (Å²) >= 11 is 0. The smallest absolute Gasteiger partial charge is 0.183 e. The number of hydrogen-bond acceptors (Lipinski definition) is 2. The van der Waals surface area contributed by atoms with E-state index in [0.717, 1.165) is 44.8 Å². The van der Waals surface area contributed by atoms with Gasteiger partial charge in [-0.15, -0.1) is 0 Å². The minimum Gasteiger partial charge on any atom is -0.309 e. The van der Waals surface area contributed by atoms with Crippen LogP contribution in [0.5, 0.6) is 0 Å². The molecule has 2 aromatic heterocycles. The summed E-state index contributed by atoms with van der Waals surface area (Å²) in [7, 11) is -2.85. The molecule has 1 aliphatic rings. The molecule has 54 heavy (non-hydrogen) atoms. The normalized spacial score (nSPS) is 13.0. The number of para-hydroxylation sites is 2. The van der Waals surface area contributed by atoms with Gasteiger partial charge >= 0.3 is 0 Å². The highest BCUT2D eigenvalue weighted by atomic mass is 28.3. The van der Waals surface area contributed by atoms with E-state index in [-0.39, 0.29) is 0 Å². The van der Waals surface area contributed by atoms with E-state index in [1.54, 1.807) is 0 Å². The summed E-state index contributed by atoms with van der Waals surface area (Å²) < 4.78 is 2.36. The Bertz CT molecular complexity index is 2990. The Balaban J connectivity index is 1.26. The van der Waals surface area contributed by atoms with E-state index >= 15 is 0 Å². The number of rotatable bonds is 5. The quantitative estimate of drug-likeness (QED) is 0.167. The van der Waals surface area contributed by atoms with Gasteiger partial charge in [-0.25, -0.2) is 9.97 Å². The molecule has 0 radical (unpaired) electrons. The largest absolute Gasteiger partial charge is 0.309 e. The molecule has 1 aliphatic heterocycles. The Morgan fingerprint density at radius 1 is 0.407 bits per heavy atom. The lowest BCUT2D eigenvalue weighted by Crippen LogP contribution is -2.73. The molecule has 0 bridgehead atoms. The van der Waals surface area contributed by atoms with E-state index in [0.29, 0.717) is 0 Å². The third-order valence-corrected chi connectivity index (χ3v) is 16.2. The van der Waals surface area contributed by atoms with E-state index in [1.807, 2.05) is 0 Å². The summed E-state index contributed by atoms with van der Waals surface area (Å²) in [6.07, 6.45) is 0. The van der Waals surface area contributed by atoms with Gasteiger partial charge in [-0.05, 0) is 68.3 Å². The Morgan fingerprint density at radius 2 is 1.02 bits per heavy atom. The van der Waals surface area contributed by atoms with Crippen LogP contribution in [-0.2, 0) is 0 Å². The number of benzene rings is 8. The lowest BCUT2D eigenvalue weighted by atomic mass is 10.0. The van der Waals surface area contributed by atoms with Crippen LogP contribution in [0.1, 0.15) is 0 Å². The minimum absolute atomic E-state index is 0.730. The molecule has 0 unspecified atom stereocenters. The zero-order valence-electron chi connectivity index (χ0n) is 29.4. The molecule has 11 rings (SSSR count). The summed E-state index contributed by atoms with van der Waals surface area (Å²) in [6.45, 7) is 0. The maximum atomic E-state index is 5.70. The van der Waals surface area contributed by atoms with Crippen molar-refractivity contribution >= 4 is 61.5 Å². The minimum atomic E-state index is -2.85. The summed E-state index contributed by atoms with van der Waals surface area (Å²) in [5, 5.41) is 8.90. The molecule has 0 spiro atoms. The van der Waals surface area contributed by atoms with Crippen molar-refractivity contribution < 1.29 is 0 Å². The van der Waals surface area contributed by atoms with Crippen molar-refractivity contribution in [3.8, 4) is 39.5 Å². The molecule has 0 saturated carbocycles. The highest BCUT2D eigenvalue weighted by Gasteiger charge is 2.50. The van der Waals surface area contributed by atoms with Crippen molar-refractivity contribution in [2.75, 3.05) is 0 Å². The van der Waals surface area contributed by atoms with Crippen LogP contribution in [0.3, 0.4) is 0 Å². The summed E-state index contributed by atoms with van der Waals surface area (Å²) in [4.78, 5) is 11.2. The maximum absolute atomic E-state index is 5.70. The first kappa shape index (κ1) is 30.7. The maximum Gasteiger partial charge on any atom is 0.183 e. The zero-order chi connectivity index (χ0) is 35.6. The van der Waals surface area contributed by atoms with E-state index < -0.39 is 8.07 Å². The molecule has 4 heteroatoms. The number of hydrogen-bond donors (Lipinski definition) is 0. The fourth-order valence-electron chi connectivity index (χ4n) is 9.03. The van der Waals surface area contributed by atoms with Gasteiger partial charge in [-0.3, -0.25) is 0 Å². The lowest BCUT2D eigenvalue weighted by Gasteiger charge is -2.32. The summed E-state index contributed by atoms with van der Waals surface area (Å²) in [5.41, 5.74) is 10.1. The first-order chi connectivity index (χ1) is 26.8. The molecule has 252 valence electrons. The van der Waals surface area contributed by atoms with Gasteiger partial charge in [0.2, 0.25) is 0 Å². The molecule has 3 nitrogen and oxygen atoms in total. The van der Waals surface area contributed by atoms with Gasteiger partial charge < -0.3 is 4.57 Å². The third-order valence-electron chi connectivity index (χ3n) is 11.3.